The van der Waals surface area contributed by atoms with Crippen LogP contribution in [0.5, 0.6) is 0 Å². The number of rotatable bonds is 3. The van der Waals surface area contributed by atoms with Crippen LogP contribution in [0.1, 0.15) is 49.1 Å². The molecule has 0 saturated heterocycles. The fraction of sp³-hybridized carbons (Fsp3) is 0.368. The van der Waals surface area contributed by atoms with Gasteiger partial charge in [0.1, 0.15) is 5.82 Å². The lowest BCUT2D eigenvalue weighted by Gasteiger charge is -2.22. The molecule has 1 aliphatic rings. The first-order chi connectivity index (χ1) is 10.3. The Morgan fingerprint density at radius 2 is 1.67 bits per heavy atom. The van der Waals surface area contributed by atoms with Crippen LogP contribution < -0.4 is 5.73 Å². The standard InChI is InChI=1S/C19H22FN/c20-18-11-10-17(13-21)19(12-18)16-8-6-15(7-9-16)14-4-2-1-3-5-14/h6-12,14H,1-5,13,21H2. The zero-order chi connectivity index (χ0) is 14.7. The van der Waals surface area contributed by atoms with Crippen molar-refractivity contribution in [2.75, 3.05) is 0 Å². The van der Waals surface area contributed by atoms with Crippen LogP contribution in [0.4, 0.5) is 4.39 Å². The molecule has 1 aliphatic carbocycles. The van der Waals surface area contributed by atoms with E-state index in [0.29, 0.717) is 12.5 Å². The second-order valence-electron chi connectivity index (χ2n) is 5.96. The molecule has 3 rings (SSSR count). The number of hydrogen-bond donors (Lipinski definition) is 1. The molecular weight excluding hydrogens is 261 g/mol. The summed E-state index contributed by atoms with van der Waals surface area (Å²) in [5.41, 5.74) is 10.1. The summed E-state index contributed by atoms with van der Waals surface area (Å²) in [4.78, 5) is 0. The molecule has 0 unspecified atom stereocenters. The predicted octanol–water partition coefficient (Wildman–Crippen LogP) is 5.00. The fourth-order valence-corrected chi connectivity index (χ4v) is 3.37. The van der Waals surface area contributed by atoms with Crippen molar-refractivity contribution in [3.05, 3.63) is 59.4 Å². The zero-order valence-electron chi connectivity index (χ0n) is 12.3. The number of hydrogen-bond acceptors (Lipinski definition) is 1. The van der Waals surface area contributed by atoms with Gasteiger partial charge in [-0.05, 0) is 53.1 Å². The Hall–Kier alpha value is -1.67. The van der Waals surface area contributed by atoms with Gasteiger partial charge < -0.3 is 5.73 Å². The Kier molecular flexibility index (Phi) is 4.35. The Balaban J connectivity index is 1.88. The molecule has 2 N–H and O–H groups in total. The van der Waals surface area contributed by atoms with E-state index in [1.807, 2.05) is 0 Å². The van der Waals surface area contributed by atoms with E-state index >= 15 is 0 Å². The van der Waals surface area contributed by atoms with Crippen LogP contribution in [-0.2, 0) is 6.54 Å². The van der Waals surface area contributed by atoms with E-state index in [0.717, 1.165) is 16.7 Å². The van der Waals surface area contributed by atoms with Crippen LogP contribution in [-0.4, -0.2) is 0 Å². The molecule has 2 heteroatoms. The Labute approximate surface area is 126 Å². The highest BCUT2D eigenvalue weighted by Crippen LogP contribution is 2.34. The van der Waals surface area contributed by atoms with Gasteiger partial charge in [0.2, 0.25) is 0 Å². The van der Waals surface area contributed by atoms with Crippen LogP contribution in [0.25, 0.3) is 11.1 Å². The molecule has 0 spiro atoms. The van der Waals surface area contributed by atoms with Gasteiger partial charge in [-0.1, -0.05) is 49.6 Å². The highest BCUT2D eigenvalue weighted by molar-refractivity contribution is 5.67. The highest BCUT2D eigenvalue weighted by atomic mass is 19.1. The second-order valence-corrected chi connectivity index (χ2v) is 5.96. The molecule has 2 aromatic carbocycles. The molecule has 0 bridgehead atoms. The maximum atomic E-state index is 13.5. The van der Waals surface area contributed by atoms with Gasteiger partial charge in [-0.15, -0.1) is 0 Å². The third-order valence-corrected chi connectivity index (χ3v) is 4.59. The van der Waals surface area contributed by atoms with Gasteiger partial charge in [-0.2, -0.15) is 0 Å². The molecular formula is C19H22FN. The van der Waals surface area contributed by atoms with Crippen molar-refractivity contribution in [2.24, 2.45) is 5.73 Å². The third kappa shape index (κ3) is 3.16. The molecule has 1 fully saturated rings. The van der Waals surface area contributed by atoms with Gasteiger partial charge in [0.15, 0.2) is 0 Å². The molecule has 1 saturated carbocycles. The zero-order valence-corrected chi connectivity index (χ0v) is 12.3. The van der Waals surface area contributed by atoms with Crippen molar-refractivity contribution < 1.29 is 4.39 Å². The summed E-state index contributed by atoms with van der Waals surface area (Å²) in [5.74, 6) is 0.493. The van der Waals surface area contributed by atoms with Crippen LogP contribution in [0.3, 0.4) is 0 Å². The largest absolute Gasteiger partial charge is 0.326 e. The predicted molar refractivity (Wildman–Crippen MR) is 85.6 cm³/mol. The van der Waals surface area contributed by atoms with Gasteiger partial charge in [0.05, 0.1) is 0 Å². The molecule has 0 radical (unpaired) electrons. The van der Waals surface area contributed by atoms with Crippen molar-refractivity contribution in [2.45, 2.75) is 44.6 Å². The average Bonchev–Trinajstić information content (AvgIpc) is 2.56. The van der Waals surface area contributed by atoms with E-state index < -0.39 is 0 Å². The van der Waals surface area contributed by atoms with E-state index in [4.69, 9.17) is 5.73 Å². The number of halogens is 1. The van der Waals surface area contributed by atoms with E-state index in [1.165, 1.54) is 43.7 Å². The topological polar surface area (TPSA) is 26.0 Å². The highest BCUT2D eigenvalue weighted by Gasteiger charge is 2.15. The minimum atomic E-state index is -0.210. The summed E-state index contributed by atoms with van der Waals surface area (Å²) < 4.78 is 13.5. The summed E-state index contributed by atoms with van der Waals surface area (Å²) in [7, 11) is 0. The molecule has 110 valence electrons. The summed E-state index contributed by atoms with van der Waals surface area (Å²) in [6.07, 6.45) is 6.65. The van der Waals surface area contributed by atoms with Crippen molar-refractivity contribution in [3.63, 3.8) is 0 Å². The molecule has 0 aliphatic heterocycles. The van der Waals surface area contributed by atoms with Crippen LogP contribution in [0.15, 0.2) is 42.5 Å². The fourth-order valence-electron chi connectivity index (χ4n) is 3.37. The van der Waals surface area contributed by atoms with Crippen molar-refractivity contribution >= 4 is 0 Å². The minimum Gasteiger partial charge on any atom is -0.326 e. The summed E-state index contributed by atoms with van der Waals surface area (Å²) in [5, 5.41) is 0. The van der Waals surface area contributed by atoms with Gasteiger partial charge >= 0.3 is 0 Å². The van der Waals surface area contributed by atoms with Crippen LogP contribution in [0.2, 0.25) is 0 Å². The Morgan fingerprint density at radius 3 is 2.33 bits per heavy atom. The lowest BCUT2D eigenvalue weighted by molar-refractivity contribution is 0.443. The van der Waals surface area contributed by atoms with Gasteiger partial charge in [0.25, 0.3) is 0 Å². The van der Waals surface area contributed by atoms with Crippen molar-refractivity contribution in [1.29, 1.82) is 0 Å². The molecule has 1 nitrogen and oxygen atoms in total. The van der Waals surface area contributed by atoms with E-state index in [2.05, 4.69) is 24.3 Å². The third-order valence-electron chi connectivity index (χ3n) is 4.59. The Bertz CT molecular complexity index is 597. The number of benzene rings is 2. The van der Waals surface area contributed by atoms with Crippen molar-refractivity contribution in [1.82, 2.24) is 0 Å². The molecule has 2 aromatic rings. The monoisotopic (exact) mass is 283 g/mol. The quantitative estimate of drug-likeness (QED) is 0.843. The molecule has 21 heavy (non-hydrogen) atoms. The first-order valence-electron chi connectivity index (χ1n) is 7.87. The molecule has 0 amide bonds. The lowest BCUT2D eigenvalue weighted by Crippen LogP contribution is -2.04. The first-order valence-corrected chi connectivity index (χ1v) is 7.87. The minimum absolute atomic E-state index is 0.210. The smallest absolute Gasteiger partial charge is 0.123 e. The molecule has 0 aromatic heterocycles. The van der Waals surface area contributed by atoms with Crippen LogP contribution >= 0.6 is 0 Å². The van der Waals surface area contributed by atoms with Gasteiger partial charge in [-0.25, -0.2) is 4.39 Å². The molecule has 0 heterocycles. The second kappa shape index (κ2) is 6.40. The van der Waals surface area contributed by atoms with Crippen molar-refractivity contribution in [3.8, 4) is 11.1 Å². The van der Waals surface area contributed by atoms with Gasteiger partial charge in [-0.3, -0.25) is 0 Å². The van der Waals surface area contributed by atoms with Gasteiger partial charge in [0, 0.05) is 6.54 Å². The number of nitrogens with two attached hydrogens (primary N) is 1. The van der Waals surface area contributed by atoms with E-state index in [-0.39, 0.29) is 5.82 Å². The lowest BCUT2D eigenvalue weighted by atomic mass is 9.83. The van der Waals surface area contributed by atoms with Crippen LogP contribution in [0, 0.1) is 5.82 Å². The summed E-state index contributed by atoms with van der Waals surface area (Å²) >= 11 is 0. The average molecular weight is 283 g/mol. The van der Waals surface area contributed by atoms with E-state index in [9.17, 15) is 4.39 Å². The Morgan fingerprint density at radius 1 is 0.952 bits per heavy atom. The maximum Gasteiger partial charge on any atom is 0.123 e. The normalized spacial score (nSPS) is 16.1. The SMILES string of the molecule is NCc1ccc(F)cc1-c1ccc(C2CCCCC2)cc1. The van der Waals surface area contributed by atoms with E-state index in [1.54, 1.807) is 12.1 Å². The maximum absolute atomic E-state index is 13.5. The molecule has 0 atom stereocenters. The summed E-state index contributed by atoms with van der Waals surface area (Å²) in [6, 6.07) is 13.5. The summed E-state index contributed by atoms with van der Waals surface area (Å²) in [6.45, 7) is 0.431. The first kappa shape index (κ1) is 14.3.